The average Bonchev–Trinajstić information content (AvgIpc) is 2.03. The Bertz CT molecular complexity index is 214. The van der Waals surface area contributed by atoms with Gasteiger partial charge in [0, 0.05) is 5.57 Å². The van der Waals surface area contributed by atoms with Crippen LogP contribution in [0.15, 0.2) is 36.6 Å². The highest BCUT2D eigenvalue weighted by Crippen LogP contribution is 2.03. The summed E-state index contributed by atoms with van der Waals surface area (Å²) in [4.78, 5) is 10.5. The number of hydrogen-bond donors (Lipinski definition) is 2. The molecule has 0 aromatic rings. The largest absolute Gasteiger partial charge is 0.516 e. The monoisotopic (exact) mass is 168 g/mol. The lowest BCUT2D eigenvalue weighted by molar-refractivity contribution is -0.132. The van der Waals surface area contributed by atoms with E-state index >= 15 is 0 Å². The van der Waals surface area contributed by atoms with Gasteiger partial charge in [0.15, 0.2) is 0 Å². The van der Waals surface area contributed by atoms with Crippen molar-refractivity contribution in [3.8, 4) is 0 Å². The van der Waals surface area contributed by atoms with Crippen molar-refractivity contribution in [1.29, 1.82) is 0 Å². The van der Waals surface area contributed by atoms with Gasteiger partial charge in [0.1, 0.15) is 0 Å². The van der Waals surface area contributed by atoms with E-state index in [4.69, 9.17) is 10.2 Å². The highest BCUT2D eigenvalue weighted by Gasteiger charge is 2.02. The predicted octanol–water partition coefficient (Wildman–Crippen LogP) is 2.04. The van der Waals surface area contributed by atoms with Crippen LogP contribution in [0.4, 0.5) is 0 Å². The Kier molecular flexibility index (Phi) is 5.43. The van der Waals surface area contributed by atoms with Crippen LogP contribution in [0.3, 0.4) is 0 Å². The first kappa shape index (κ1) is 10.5. The molecule has 0 bridgehead atoms. The van der Waals surface area contributed by atoms with Gasteiger partial charge < -0.3 is 10.2 Å². The molecule has 0 unspecified atom stereocenters. The second kappa shape index (κ2) is 6.22. The van der Waals surface area contributed by atoms with Crippen LogP contribution < -0.4 is 0 Å². The van der Waals surface area contributed by atoms with E-state index in [1.165, 1.54) is 18.2 Å². The Morgan fingerprint density at radius 3 is 2.58 bits per heavy atom. The van der Waals surface area contributed by atoms with Crippen LogP contribution in [-0.4, -0.2) is 16.2 Å². The molecular formula is C9H12O3. The summed E-state index contributed by atoms with van der Waals surface area (Å²) in [5.41, 5.74) is 0.295. The molecule has 0 saturated carbocycles. The van der Waals surface area contributed by atoms with Gasteiger partial charge in [-0.2, -0.15) is 0 Å². The molecule has 0 radical (unpaired) electrons. The minimum absolute atomic E-state index is 0.295. The molecule has 0 spiro atoms. The molecule has 3 heteroatoms. The van der Waals surface area contributed by atoms with Gasteiger partial charge in [-0.1, -0.05) is 12.2 Å². The average molecular weight is 168 g/mol. The minimum Gasteiger partial charge on any atom is -0.516 e. The molecule has 0 amide bonds. The van der Waals surface area contributed by atoms with Crippen LogP contribution in [0.1, 0.15) is 12.8 Å². The first-order valence-electron chi connectivity index (χ1n) is 3.54. The summed E-state index contributed by atoms with van der Waals surface area (Å²) < 4.78 is 0. The molecule has 2 N–H and O–H groups in total. The van der Waals surface area contributed by atoms with Gasteiger partial charge in [-0.15, -0.1) is 6.58 Å². The van der Waals surface area contributed by atoms with Crippen molar-refractivity contribution in [2.24, 2.45) is 0 Å². The molecule has 0 aliphatic heterocycles. The zero-order valence-electron chi connectivity index (χ0n) is 6.73. The number of rotatable bonds is 5. The van der Waals surface area contributed by atoms with E-state index in [1.807, 2.05) is 0 Å². The van der Waals surface area contributed by atoms with Crippen molar-refractivity contribution in [2.45, 2.75) is 12.8 Å². The summed E-state index contributed by atoms with van der Waals surface area (Å²) in [6, 6.07) is 0. The van der Waals surface area contributed by atoms with E-state index in [1.54, 1.807) is 0 Å². The predicted molar refractivity (Wildman–Crippen MR) is 46.9 cm³/mol. The van der Waals surface area contributed by atoms with Crippen molar-refractivity contribution in [2.75, 3.05) is 0 Å². The second-order valence-corrected chi connectivity index (χ2v) is 2.15. The van der Waals surface area contributed by atoms with Gasteiger partial charge in [0.25, 0.3) is 0 Å². The fourth-order valence-corrected chi connectivity index (χ4v) is 0.685. The quantitative estimate of drug-likeness (QED) is 0.375. The van der Waals surface area contributed by atoms with Crippen molar-refractivity contribution in [1.82, 2.24) is 0 Å². The maximum absolute atomic E-state index is 10.5. The Balaban J connectivity index is 4.17. The van der Waals surface area contributed by atoms with Crippen molar-refractivity contribution in [3.05, 3.63) is 36.6 Å². The fourth-order valence-electron chi connectivity index (χ4n) is 0.685. The molecule has 0 aliphatic rings. The zero-order chi connectivity index (χ0) is 9.40. The Hall–Kier alpha value is -1.51. The van der Waals surface area contributed by atoms with E-state index in [-0.39, 0.29) is 0 Å². The molecule has 66 valence electrons. The van der Waals surface area contributed by atoms with E-state index in [0.717, 1.165) is 6.26 Å². The first-order chi connectivity index (χ1) is 5.72. The number of allylic oxidation sites excluding steroid dienone is 3. The van der Waals surface area contributed by atoms with Gasteiger partial charge in [-0.25, -0.2) is 4.79 Å². The molecule has 0 aromatic heterocycles. The summed E-state index contributed by atoms with van der Waals surface area (Å²) in [5.74, 6) is -0.943. The van der Waals surface area contributed by atoms with Crippen LogP contribution in [-0.2, 0) is 4.79 Å². The topological polar surface area (TPSA) is 57.5 Å². The summed E-state index contributed by atoms with van der Waals surface area (Å²) in [6.45, 7) is 3.44. The summed E-state index contributed by atoms with van der Waals surface area (Å²) in [6.07, 6.45) is 6.19. The minimum atomic E-state index is -0.943. The van der Waals surface area contributed by atoms with Gasteiger partial charge in [-0.3, -0.25) is 0 Å². The first-order valence-corrected chi connectivity index (χ1v) is 3.54. The van der Waals surface area contributed by atoms with Crippen molar-refractivity contribution >= 4 is 5.97 Å². The molecule has 0 rings (SSSR count). The van der Waals surface area contributed by atoms with Crippen LogP contribution >= 0.6 is 0 Å². The summed E-state index contributed by atoms with van der Waals surface area (Å²) in [5, 5.41) is 16.9. The molecule has 0 fully saturated rings. The lowest BCUT2D eigenvalue weighted by Gasteiger charge is -1.95. The molecule has 0 aliphatic carbocycles. The van der Waals surface area contributed by atoms with Gasteiger partial charge in [0.05, 0.1) is 6.26 Å². The molecule has 12 heavy (non-hydrogen) atoms. The smallest absolute Gasteiger partial charge is 0.331 e. The molecular weight excluding hydrogens is 156 g/mol. The van der Waals surface area contributed by atoms with E-state index in [9.17, 15) is 4.79 Å². The highest BCUT2D eigenvalue weighted by molar-refractivity contribution is 5.86. The maximum Gasteiger partial charge on any atom is 0.331 e. The van der Waals surface area contributed by atoms with Crippen molar-refractivity contribution in [3.63, 3.8) is 0 Å². The van der Waals surface area contributed by atoms with Gasteiger partial charge in [0.2, 0.25) is 0 Å². The molecule has 3 nitrogen and oxygen atoms in total. The van der Waals surface area contributed by atoms with E-state index < -0.39 is 5.97 Å². The van der Waals surface area contributed by atoms with E-state index in [2.05, 4.69) is 6.58 Å². The van der Waals surface area contributed by atoms with Crippen molar-refractivity contribution < 1.29 is 15.0 Å². The second-order valence-electron chi connectivity index (χ2n) is 2.15. The third-order valence-electron chi connectivity index (χ3n) is 1.24. The lowest BCUT2D eigenvalue weighted by atomic mass is 10.1. The van der Waals surface area contributed by atoms with E-state index in [0.29, 0.717) is 18.4 Å². The standard InChI is InChI=1S/C9H12O3/c1-2-5-8(9(11)12)6-3-4-7-10/h2,4,6-7,10H,1,3,5H2,(H,11,12). The zero-order valence-corrected chi connectivity index (χ0v) is 6.73. The lowest BCUT2D eigenvalue weighted by Crippen LogP contribution is -1.98. The molecule has 0 atom stereocenters. The highest BCUT2D eigenvalue weighted by atomic mass is 16.4. The third-order valence-corrected chi connectivity index (χ3v) is 1.24. The Labute approximate surface area is 71.3 Å². The number of carboxylic acid groups (broad SMARTS) is 1. The Morgan fingerprint density at radius 1 is 1.50 bits per heavy atom. The molecule has 0 saturated heterocycles. The van der Waals surface area contributed by atoms with Gasteiger partial charge in [-0.05, 0) is 18.9 Å². The maximum atomic E-state index is 10.5. The number of carboxylic acids is 1. The molecule has 0 aromatic carbocycles. The normalized spacial score (nSPS) is 11.8. The SMILES string of the molecule is C=CCC(=CCC=CO)C(=O)O. The number of hydrogen-bond acceptors (Lipinski definition) is 2. The number of aliphatic carboxylic acids is 1. The number of aliphatic hydroxyl groups is 1. The molecule has 0 heterocycles. The summed E-state index contributed by atoms with van der Waals surface area (Å²) in [7, 11) is 0. The van der Waals surface area contributed by atoms with Crippen LogP contribution in [0.5, 0.6) is 0 Å². The van der Waals surface area contributed by atoms with Crippen LogP contribution in [0.25, 0.3) is 0 Å². The van der Waals surface area contributed by atoms with Crippen LogP contribution in [0, 0.1) is 0 Å². The summed E-state index contributed by atoms with van der Waals surface area (Å²) >= 11 is 0. The third kappa shape index (κ3) is 4.33. The van der Waals surface area contributed by atoms with Gasteiger partial charge >= 0.3 is 5.97 Å². The fraction of sp³-hybridized carbons (Fsp3) is 0.222. The number of carbonyl (C=O) groups is 1. The number of aliphatic hydroxyl groups excluding tert-OH is 1. The van der Waals surface area contributed by atoms with Crippen LogP contribution in [0.2, 0.25) is 0 Å². The Morgan fingerprint density at radius 2 is 2.17 bits per heavy atom.